The normalized spacial score (nSPS) is 30.2. The van der Waals surface area contributed by atoms with Crippen LogP contribution in [0.25, 0.3) is 0 Å². The minimum Gasteiger partial charge on any atom is -0.456 e. The van der Waals surface area contributed by atoms with Crippen molar-refractivity contribution in [3.8, 4) is 0 Å². The molecule has 0 saturated heterocycles. The summed E-state index contributed by atoms with van der Waals surface area (Å²) in [4.78, 5) is 13.5. The molecule has 0 aliphatic carbocycles. The van der Waals surface area contributed by atoms with E-state index >= 15 is 0 Å². The Kier molecular flexibility index (Phi) is 17.5. The van der Waals surface area contributed by atoms with Gasteiger partial charge in [0.25, 0.3) is 0 Å². The third-order valence-corrected chi connectivity index (χ3v) is 16.2. The van der Waals surface area contributed by atoms with Crippen LogP contribution in [0.5, 0.6) is 0 Å². The van der Waals surface area contributed by atoms with Crippen molar-refractivity contribution in [1.82, 2.24) is 0 Å². The number of methoxy groups -OCH3 is 1. The van der Waals surface area contributed by atoms with Crippen LogP contribution < -0.4 is 0 Å². The van der Waals surface area contributed by atoms with Crippen molar-refractivity contribution in [3.63, 3.8) is 0 Å². The number of esters is 1. The molecule has 0 unspecified atom stereocenters. The summed E-state index contributed by atoms with van der Waals surface area (Å²) in [6, 6.07) is 0. The molecule has 2 bridgehead atoms. The van der Waals surface area contributed by atoms with Gasteiger partial charge >= 0.3 is 5.97 Å². The highest BCUT2D eigenvalue weighted by Crippen LogP contribution is 2.44. The van der Waals surface area contributed by atoms with Gasteiger partial charge in [-0.3, -0.25) is 0 Å². The van der Waals surface area contributed by atoms with Crippen LogP contribution in [-0.4, -0.2) is 71.4 Å². The van der Waals surface area contributed by atoms with Gasteiger partial charge in [0, 0.05) is 19.6 Å². The second-order valence-corrected chi connectivity index (χ2v) is 20.6. The molecule has 3 heterocycles. The maximum Gasteiger partial charge on any atom is 0.330 e. The van der Waals surface area contributed by atoms with Gasteiger partial charge in [-0.05, 0) is 68.0 Å². The van der Waals surface area contributed by atoms with Crippen molar-refractivity contribution in [2.75, 3.05) is 20.5 Å². The highest BCUT2D eigenvalue weighted by atomic mass is 28.4. The molecule has 0 amide bonds. The van der Waals surface area contributed by atoms with Crippen molar-refractivity contribution in [2.45, 2.75) is 154 Å². The summed E-state index contributed by atoms with van der Waals surface area (Å²) in [6.45, 7) is 23.4. The van der Waals surface area contributed by atoms with Gasteiger partial charge in [-0.15, -0.1) is 0 Å². The molecular weight excluding hydrogens is 633 g/mol. The van der Waals surface area contributed by atoms with E-state index in [9.17, 15) is 4.79 Å². The fourth-order valence-electron chi connectivity index (χ4n) is 7.83. The molecular formula is C41H66O7Si. The first-order valence-corrected chi connectivity index (χ1v) is 20.8. The van der Waals surface area contributed by atoms with Gasteiger partial charge in [0.2, 0.25) is 8.32 Å². The van der Waals surface area contributed by atoms with Crippen LogP contribution in [0.2, 0.25) is 16.6 Å². The molecule has 0 aromatic rings. The molecule has 3 aliphatic heterocycles. The molecule has 8 heteroatoms. The van der Waals surface area contributed by atoms with Crippen LogP contribution in [-0.2, 0) is 32.9 Å². The number of carbonyl (C=O) groups is 1. The van der Waals surface area contributed by atoms with Gasteiger partial charge in [-0.2, -0.15) is 0 Å². The summed E-state index contributed by atoms with van der Waals surface area (Å²) < 4.78 is 37.6. The average Bonchev–Trinajstić information content (AvgIpc) is 3.02. The van der Waals surface area contributed by atoms with E-state index in [0.717, 1.165) is 31.3 Å². The fraction of sp³-hybridized carbons (Fsp3) is 0.683. The molecule has 0 aromatic heterocycles. The Bertz CT molecular complexity index is 1160. The van der Waals surface area contributed by atoms with Crippen LogP contribution in [0.3, 0.4) is 0 Å². The summed E-state index contributed by atoms with van der Waals surface area (Å²) in [5, 5.41) is 0. The average molecular weight is 699 g/mol. The Morgan fingerprint density at radius 3 is 2.39 bits per heavy atom. The van der Waals surface area contributed by atoms with Crippen LogP contribution in [0.1, 0.15) is 100 Å². The number of hydrogen-bond acceptors (Lipinski definition) is 7. The highest BCUT2D eigenvalue weighted by Gasteiger charge is 2.47. The molecule has 0 fully saturated rings. The second-order valence-electron chi connectivity index (χ2n) is 15.2. The molecule has 3 rings (SSSR count). The number of hydrogen-bond donors (Lipinski definition) is 0. The lowest BCUT2D eigenvalue weighted by Gasteiger charge is -2.45. The molecule has 0 radical (unpaired) electrons. The van der Waals surface area contributed by atoms with Crippen molar-refractivity contribution < 1.29 is 32.9 Å². The number of ether oxygens (including phenoxy) is 5. The maximum atomic E-state index is 13.5. The number of rotatable bonds is 11. The fourth-order valence-corrected chi connectivity index (χ4v) is 13.3. The highest BCUT2D eigenvalue weighted by molar-refractivity contribution is 6.77. The summed E-state index contributed by atoms with van der Waals surface area (Å²) in [5.41, 5.74) is 3.51. The van der Waals surface area contributed by atoms with E-state index in [2.05, 4.69) is 105 Å². The predicted molar refractivity (Wildman–Crippen MR) is 202 cm³/mol. The molecule has 276 valence electrons. The minimum atomic E-state index is -2.38. The Balaban J connectivity index is 2.03. The zero-order valence-corrected chi connectivity index (χ0v) is 32.9. The molecule has 7 atom stereocenters. The van der Waals surface area contributed by atoms with Gasteiger partial charge in [0.15, 0.2) is 0 Å². The smallest absolute Gasteiger partial charge is 0.330 e. The number of cyclic esters (lactones) is 1. The SMILES string of the molecule is C=C1C[C@H](C)C[C@@H]2CC=C[C@@H](C/C=C/C(=O)O[C@H]([C@H](/C=C/[C@@H]3C=C(C)CCO3)O[Si](C(C)C)(C(C)C)C(C)C)C/C=C/[C@@H](OCOC)C1)O2. The molecule has 0 N–H and O–H groups in total. The van der Waals surface area contributed by atoms with Crippen molar-refractivity contribution in [2.24, 2.45) is 5.92 Å². The van der Waals surface area contributed by atoms with E-state index in [4.69, 9.17) is 28.1 Å². The van der Waals surface area contributed by atoms with Gasteiger partial charge in [0.05, 0.1) is 31.0 Å². The van der Waals surface area contributed by atoms with E-state index in [-0.39, 0.29) is 37.2 Å². The topological polar surface area (TPSA) is 72.5 Å². The third-order valence-electron chi connectivity index (χ3n) is 10.1. The lowest BCUT2D eigenvalue weighted by Crippen LogP contribution is -2.52. The van der Waals surface area contributed by atoms with Crippen molar-refractivity contribution in [1.29, 1.82) is 0 Å². The largest absolute Gasteiger partial charge is 0.456 e. The molecule has 7 nitrogen and oxygen atoms in total. The summed E-state index contributed by atoms with van der Waals surface area (Å²) >= 11 is 0. The summed E-state index contributed by atoms with van der Waals surface area (Å²) in [5.74, 6) is 0.0388. The van der Waals surface area contributed by atoms with Crippen molar-refractivity contribution in [3.05, 3.63) is 72.4 Å². The summed E-state index contributed by atoms with van der Waals surface area (Å²) in [7, 11) is -0.752. The van der Waals surface area contributed by atoms with E-state index in [1.165, 1.54) is 5.57 Å². The quantitative estimate of drug-likeness (QED) is 0.0921. The standard InChI is InChI=1S/C41H66O7Si/c1-29(2)49(30(3)4,31(5)6)48-40(21-20-37-25-32(7)22-23-44-37)39-18-12-16-36(45-28-43-10)26-33(8)24-34(9)27-38-17-11-14-35(46-38)15-13-19-41(42)47-39/h11-14,16,19-21,25,29-31,34-40H,8,15,17-18,22-24,26-28H2,1-7,9-10H3/b16-12+,19-13+,21-20+/t34-,35-,36+,37+,38-,39-,40-/m0/s1. The zero-order chi connectivity index (χ0) is 36.0. The first-order chi connectivity index (χ1) is 23.3. The molecule has 3 aliphatic rings. The monoisotopic (exact) mass is 698 g/mol. The van der Waals surface area contributed by atoms with Crippen LogP contribution in [0.15, 0.2) is 72.4 Å². The van der Waals surface area contributed by atoms with Crippen LogP contribution >= 0.6 is 0 Å². The Morgan fingerprint density at radius 2 is 1.71 bits per heavy atom. The molecule has 0 saturated carbocycles. The number of carbonyl (C=O) groups excluding carboxylic acids is 1. The Hall–Kier alpha value is -2.07. The van der Waals surface area contributed by atoms with Gasteiger partial charge in [-0.1, -0.05) is 115 Å². The lowest BCUT2D eigenvalue weighted by atomic mass is 9.91. The van der Waals surface area contributed by atoms with Crippen LogP contribution in [0, 0.1) is 5.92 Å². The summed E-state index contributed by atoms with van der Waals surface area (Å²) in [6.07, 6.45) is 22.3. The Morgan fingerprint density at radius 1 is 1.00 bits per heavy atom. The van der Waals surface area contributed by atoms with Gasteiger partial charge in [0.1, 0.15) is 19.0 Å². The third kappa shape index (κ3) is 13.2. The van der Waals surface area contributed by atoms with Crippen molar-refractivity contribution >= 4 is 14.3 Å². The second kappa shape index (κ2) is 20.7. The first kappa shape index (κ1) is 41.3. The first-order valence-electron chi connectivity index (χ1n) is 18.6. The van der Waals surface area contributed by atoms with Gasteiger partial charge in [-0.25, -0.2) is 4.79 Å². The molecule has 0 aromatic carbocycles. The van der Waals surface area contributed by atoms with Gasteiger partial charge < -0.3 is 28.1 Å². The van der Waals surface area contributed by atoms with E-state index in [1.807, 2.05) is 6.08 Å². The number of fused-ring (bicyclic) bond motifs is 2. The lowest BCUT2D eigenvalue weighted by molar-refractivity contribution is -0.146. The predicted octanol–water partition coefficient (Wildman–Crippen LogP) is 9.72. The molecule has 0 spiro atoms. The molecule has 49 heavy (non-hydrogen) atoms. The van der Waals surface area contributed by atoms with E-state index < -0.39 is 20.5 Å². The Labute approximate surface area is 299 Å². The van der Waals surface area contributed by atoms with E-state index in [0.29, 0.717) is 48.4 Å². The minimum absolute atomic E-state index is 0.0663. The maximum absolute atomic E-state index is 13.5. The zero-order valence-electron chi connectivity index (χ0n) is 31.9. The van der Waals surface area contributed by atoms with E-state index in [1.54, 1.807) is 13.2 Å². The van der Waals surface area contributed by atoms with Crippen LogP contribution in [0.4, 0.5) is 0 Å².